The second kappa shape index (κ2) is 6.18. The maximum Gasteiger partial charge on any atom is 0.276 e. The molecular formula is C13H12N6O2S2. The molecule has 0 radical (unpaired) electrons. The van der Waals surface area contributed by atoms with E-state index in [4.69, 9.17) is 16.2 Å². The molecule has 0 aliphatic heterocycles. The molecule has 2 heterocycles. The lowest BCUT2D eigenvalue weighted by atomic mass is 10.3. The molecule has 23 heavy (non-hydrogen) atoms. The van der Waals surface area contributed by atoms with Gasteiger partial charge in [0.1, 0.15) is 17.0 Å². The predicted octanol–water partition coefficient (Wildman–Crippen LogP) is 1.92. The summed E-state index contributed by atoms with van der Waals surface area (Å²) in [6.45, 7) is 0. The predicted molar refractivity (Wildman–Crippen MR) is 91.7 cm³/mol. The highest BCUT2D eigenvalue weighted by Gasteiger charge is 2.14. The highest BCUT2D eigenvalue weighted by atomic mass is 32.1. The number of carbonyl (C=O) groups excluding carboxylic acids is 1. The number of nitrogens with zero attached hydrogens (tertiary/aromatic N) is 3. The molecule has 0 aliphatic carbocycles. The molecule has 0 spiro atoms. The number of amides is 1. The Kier molecular flexibility index (Phi) is 4.08. The minimum absolute atomic E-state index is 0.107. The van der Waals surface area contributed by atoms with Crippen molar-refractivity contribution in [2.45, 2.75) is 0 Å². The number of ether oxygens (including phenoxy) is 1. The summed E-state index contributed by atoms with van der Waals surface area (Å²) in [6, 6.07) is 5.59. The highest BCUT2D eigenvalue weighted by Crippen LogP contribution is 2.32. The third-order valence-corrected chi connectivity index (χ3v) is 4.44. The summed E-state index contributed by atoms with van der Waals surface area (Å²) >= 11 is 2.52. The first-order valence-corrected chi connectivity index (χ1v) is 8.06. The van der Waals surface area contributed by atoms with Gasteiger partial charge in [0, 0.05) is 5.38 Å². The molecule has 118 valence electrons. The lowest BCUT2D eigenvalue weighted by Gasteiger charge is -1.98. The lowest BCUT2D eigenvalue weighted by molar-refractivity contribution is 0.102. The van der Waals surface area contributed by atoms with Crippen molar-refractivity contribution in [3.63, 3.8) is 0 Å². The van der Waals surface area contributed by atoms with E-state index in [0.29, 0.717) is 21.5 Å². The lowest BCUT2D eigenvalue weighted by Crippen LogP contribution is -2.21. The number of guanidine groups is 1. The average Bonchev–Trinajstić information content (AvgIpc) is 3.12. The number of rotatable bonds is 4. The molecule has 3 aromatic rings. The van der Waals surface area contributed by atoms with Crippen molar-refractivity contribution < 1.29 is 9.53 Å². The Morgan fingerprint density at radius 3 is 2.91 bits per heavy atom. The summed E-state index contributed by atoms with van der Waals surface area (Å²) in [4.78, 5) is 24.4. The molecule has 2 aromatic heterocycles. The number of aromatic nitrogens is 2. The maximum atomic E-state index is 12.2. The van der Waals surface area contributed by atoms with Gasteiger partial charge < -0.3 is 16.2 Å². The molecule has 0 saturated heterocycles. The number of benzene rings is 1. The van der Waals surface area contributed by atoms with E-state index >= 15 is 0 Å². The van der Waals surface area contributed by atoms with E-state index in [1.165, 1.54) is 22.7 Å². The van der Waals surface area contributed by atoms with Crippen LogP contribution in [0.1, 0.15) is 10.5 Å². The van der Waals surface area contributed by atoms with E-state index < -0.39 is 0 Å². The summed E-state index contributed by atoms with van der Waals surface area (Å²) < 4.78 is 6.17. The third kappa shape index (κ3) is 3.22. The number of methoxy groups -OCH3 is 1. The van der Waals surface area contributed by atoms with Gasteiger partial charge in [-0.3, -0.25) is 10.1 Å². The van der Waals surface area contributed by atoms with Crippen LogP contribution >= 0.6 is 22.7 Å². The van der Waals surface area contributed by atoms with Crippen LogP contribution in [0.3, 0.4) is 0 Å². The zero-order chi connectivity index (χ0) is 16.4. The number of nitrogens with one attached hydrogen (secondary N) is 1. The topological polar surface area (TPSA) is 129 Å². The number of para-hydroxylation sites is 1. The van der Waals surface area contributed by atoms with Crippen molar-refractivity contribution in [1.82, 2.24) is 9.97 Å². The van der Waals surface area contributed by atoms with Crippen LogP contribution in [0.15, 0.2) is 28.6 Å². The van der Waals surface area contributed by atoms with Gasteiger partial charge in [0.15, 0.2) is 11.1 Å². The van der Waals surface area contributed by atoms with Crippen LogP contribution in [0.2, 0.25) is 0 Å². The van der Waals surface area contributed by atoms with Crippen LogP contribution in [0, 0.1) is 0 Å². The number of hydrogen-bond donors (Lipinski definition) is 3. The second-order valence-corrected chi connectivity index (χ2v) is 6.20. The van der Waals surface area contributed by atoms with Crippen molar-refractivity contribution in [1.29, 1.82) is 0 Å². The van der Waals surface area contributed by atoms with Crippen LogP contribution < -0.4 is 21.5 Å². The SMILES string of the molecule is COc1cccc2sc(NC(=O)c3csc(N=C(N)N)n3)nc12. The van der Waals surface area contributed by atoms with Crippen molar-refractivity contribution in [3.8, 4) is 5.75 Å². The van der Waals surface area contributed by atoms with E-state index in [9.17, 15) is 4.79 Å². The largest absolute Gasteiger partial charge is 0.494 e. The number of hydrogen-bond acceptors (Lipinski definition) is 7. The van der Waals surface area contributed by atoms with Crippen LogP contribution in [-0.2, 0) is 0 Å². The van der Waals surface area contributed by atoms with Crippen molar-refractivity contribution >= 4 is 55.0 Å². The Labute approximate surface area is 138 Å². The first-order chi connectivity index (χ1) is 11.1. The number of nitrogens with two attached hydrogens (primary N) is 2. The Morgan fingerprint density at radius 1 is 1.35 bits per heavy atom. The zero-order valence-electron chi connectivity index (χ0n) is 11.9. The first kappa shape index (κ1) is 15.2. The average molecular weight is 348 g/mol. The Bertz CT molecular complexity index is 897. The summed E-state index contributed by atoms with van der Waals surface area (Å²) in [5.74, 6) is 0.170. The fraction of sp³-hybridized carbons (Fsp3) is 0.0769. The molecule has 0 atom stereocenters. The number of thiazole rings is 2. The molecule has 0 fully saturated rings. The number of anilines is 1. The third-order valence-electron chi connectivity index (χ3n) is 2.77. The molecule has 0 saturated carbocycles. The molecule has 8 nitrogen and oxygen atoms in total. The number of carbonyl (C=O) groups is 1. The van der Waals surface area contributed by atoms with E-state index in [1.807, 2.05) is 18.2 Å². The maximum absolute atomic E-state index is 12.2. The van der Waals surface area contributed by atoms with Crippen LogP contribution in [0.5, 0.6) is 5.75 Å². The van der Waals surface area contributed by atoms with E-state index in [2.05, 4.69) is 20.3 Å². The fourth-order valence-corrected chi connectivity index (χ4v) is 3.40. The summed E-state index contributed by atoms with van der Waals surface area (Å²) in [7, 11) is 1.58. The van der Waals surface area contributed by atoms with Gasteiger partial charge in [-0.2, -0.15) is 4.99 Å². The van der Waals surface area contributed by atoms with Gasteiger partial charge in [0.25, 0.3) is 5.91 Å². The Balaban J connectivity index is 1.83. The minimum Gasteiger partial charge on any atom is -0.494 e. The molecule has 1 amide bonds. The fourth-order valence-electron chi connectivity index (χ4n) is 1.83. The molecule has 3 rings (SSSR count). The van der Waals surface area contributed by atoms with E-state index in [1.54, 1.807) is 12.5 Å². The van der Waals surface area contributed by atoms with Gasteiger partial charge in [-0.25, -0.2) is 9.97 Å². The highest BCUT2D eigenvalue weighted by molar-refractivity contribution is 7.22. The molecule has 0 bridgehead atoms. The first-order valence-electron chi connectivity index (χ1n) is 6.37. The molecule has 0 unspecified atom stereocenters. The quantitative estimate of drug-likeness (QED) is 0.488. The number of fused-ring (bicyclic) bond motifs is 1. The van der Waals surface area contributed by atoms with Crippen molar-refractivity contribution in [3.05, 3.63) is 29.3 Å². The van der Waals surface area contributed by atoms with Crippen LogP contribution in [0.25, 0.3) is 10.2 Å². The second-order valence-electron chi connectivity index (χ2n) is 4.33. The van der Waals surface area contributed by atoms with E-state index in [-0.39, 0.29) is 17.6 Å². The summed E-state index contributed by atoms with van der Waals surface area (Å²) in [5, 5.41) is 5.07. The Hall–Kier alpha value is -2.72. The van der Waals surface area contributed by atoms with Crippen molar-refractivity contribution in [2.75, 3.05) is 12.4 Å². The monoisotopic (exact) mass is 348 g/mol. The normalized spacial score (nSPS) is 10.5. The van der Waals surface area contributed by atoms with Gasteiger partial charge in [-0.05, 0) is 12.1 Å². The molecular weight excluding hydrogens is 336 g/mol. The molecule has 1 aromatic carbocycles. The zero-order valence-corrected chi connectivity index (χ0v) is 13.6. The van der Waals surface area contributed by atoms with Crippen LogP contribution in [-0.4, -0.2) is 28.9 Å². The number of aliphatic imine (C=N–C) groups is 1. The molecule has 0 aliphatic rings. The van der Waals surface area contributed by atoms with E-state index in [0.717, 1.165) is 4.70 Å². The van der Waals surface area contributed by atoms with Crippen molar-refractivity contribution in [2.24, 2.45) is 16.5 Å². The van der Waals surface area contributed by atoms with Gasteiger partial charge in [-0.1, -0.05) is 17.4 Å². The van der Waals surface area contributed by atoms with Gasteiger partial charge >= 0.3 is 0 Å². The van der Waals surface area contributed by atoms with Crippen LogP contribution in [0.4, 0.5) is 10.3 Å². The van der Waals surface area contributed by atoms with Gasteiger partial charge in [0.2, 0.25) is 5.13 Å². The molecule has 10 heteroatoms. The van der Waals surface area contributed by atoms with Gasteiger partial charge in [0.05, 0.1) is 11.8 Å². The smallest absolute Gasteiger partial charge is 0.276 e. The Morgan fingerprint density at radius 2 is 2.17 bits per heavy atom. The van der Waals surface area contributed by atoms with Gasteiger partial charge in [-0.15, -0.1) is 11.3 Å². The summed E-state index contributed by atoms with van der Waals surface area (Å²) in [6.07, 6.45) is 0. The molecule has 5 N–H and O–H groups in total. The minimum atomic E-state index is -0.378. The standard InChI is InChI=1S/C13H12N6O2S2/c1-21-7-3-2-4-8-9(7)17-13(23-8)18-10(20)6-5-22-12(16-6)19-11(14)15/h2-5H,1H3,(H,17,18,20)(H4,14,15,16,19). The summed E-state index contributed by atoms with van der Waals surface area (Å²) in [5.41, 5.74) is 11.5.